The molecule has 0 bridgehead atoms. The van der Waals surface area contributed by atoms with Crippen LogP contribution in [0.4, 0.5) is 5.69 Å². The molecule has 0 atom stereocenters. The van der Waals surface area contributed by atoms with Crippen molar-refractivity contribution in [2.45, 2.75) is 4.90 Å². The number of anilines is 1. The number of hydrogen-bond acceptors (Lipinski definition) is 6. The first-order chi connectivity index (χ1) is 12.2. The standard InChI is InChI=1S/C17H19N3O5S/c1-20(2)11-19-26(22,23)15-10-12(17(21)24-3)9-14(18)16(15)25-13-7-5-4-6-8-13/h4-11H,18H2,1-3H3/b19-11-. The van der Waals surface area contributed by atoms with Gasteiger partial charge in [-0.2, -0.15) is 8.42 Å². The number of para-hydroxylation sites is 1. The second-order valence-electron chi connectivity index (χ2n) is 5.46. The highest BCUT2D eigenvalue weighted by molar-refractivity contribution is 7.90. The van der Waals surface area contributed by atoms with E-state index in [1.54, 1.807) is 44.4 Å². The van der Waals surface area contributed by atoms with Gasteiger partial charge in [0.25, 0.3) is 10.0 Å². The third-order valence-electron chi connectivity index (χ3n) is 3.16. The Bertz CT molecular complexity index is 925. The lowest BCUT2D eigenvalue weighted by atomic mass is 10.2. The monoisotopic (exact) mass is 377 g/mol. The summed E-state index contributed by atoms with van der Waals surface area (Å²) in [5.41, 5.74) is 5.90. The van der Waals surface area contributed by atoms with Gasteiger partial charge in [-0.05, 0) is 24.3 Å². The molecule has 0 aliphatic rings. The largest absolute Gasteiger partial charge is 0.465 e. The highest BCUT2D eigenvalue weighted by atomic mass is 32.2. The zero-order valence-electron chi connectivity index (χ0n) is 14.5. The highest BCUT2D eigenvalue weighted by Gasteiger charge is 2.25. The molecule has 0 aliphatic carbocycles. The molecular formula is C17H19N3O5S. The first kappa shape index (κ1) is 19.3. The predicted molar refractivity (Wildman–Crippen MR) is 98.1 cm³/mol. The van der Waals surface area contributed by atoms with Gasteiger partial charge in [-0.15, -0.1) is 4.40 Å². The molecule has 0 radical (unpaired) electrons. The molecule has 2 aromatic carbocycles. The summed E-state index contributed by atoms with van der Waals surface area (Å²) in [5.74, 6) is -0.450. The van der Waals surface area contributed by atoms with E-state index >= 15 is 0 Å². The van der Waals surface area contributed by atoms with E-state index in [1.807, 2.05) is 0 Å². The SMILES string of the molecule is COC(=O)c1cc(N)c(Oc2ccccc2)c(S(=O)(=O)/N=C\N(C)C)c1. The average molecular weight is 377 g/mol. The van der Waals surface area contributed by atoms with Crippen LogP contribution in [0, 0.1) is 0 Å². The van der Waals surface area contributed by atoms with E-state index in [0.29, 0.717) is 5.75 Å². The summed E-state index contributed by atoms with van der Waals surface area (Å²) in [6.07, 6.45) is 1.13. The van der Waals surface area contributed by atoms with Gasteiger partial charge in [-0.25, -0.2) is 4.79 Å². The number of benzene rings is 2. The quantitative estimate of drug-likeness (QED) is 0.355. The van der Waals surface area contributed by atoms with Crippen molar-refractivity contribution < 1.29 is 22.7 Å². The Hall–Kier alpha value is -3.07. The van der Waals surface area contributed by atoms with Crippen molar-refractivity contribution in [3.05, 3.63) is 48.0 Å². The number of rotatable bonds is 6. The topological polar surface area (TPSA) is 111 Å². The van der Waals surface area contributed by atoms with Gasteiger partial charge in [0.05, 0.1) is 18.4 Å². The van der Waals surface area contributed by atoms with E-state index in [0.717, 1.165) is 12.4 Å². The summed E-state index contributed by atoms with van der Waals surface area (Å²) < 4.78 is 39.2. The molecule has 8 nitrogen and oxygen atoms in total. The molecule has 0 saturated heterocycles. The Labute approximate surface area is 151 Å². The van der Waals surface area contributed by atoms with Crippen molar-refractivity contribution in [3.8, 4) is 11.5 Å². The van der Waals surface area contributed by atoms with Crippen LogP contribution in [0.25, 0.3) is 0 Å². The predicted octanol–water partition coefficient (Wildman–Crippen LogP) is 2.13. The van der Waals surface area contributed by atoms with Gasteiger partial charge in [0, 0.05) is 14.1 Å². The van der Waals surface area contributed by atoms with E-state index in [4.69, 9.17) is 10.5 Å². The van der Waals surface area contributed by atoms with E-state index in [9.17, 15) is 13.2 Å². The van der Waals surface area contributed by atoms with E-state index < -0.39 is 16.0 Å². The van der Waals surface area contributed by atoms with Crippen molar-refractivity contribution >= 4 is 28.0 Å². The summed E-state index contributed by atoms with van der Waals surface area (Å²) in [6.45, 7) is 0. The van der Waals surface area contributed by atoms with Crippen LogP contribution >= 0.6 is 0 Å². The number of carbonyl (C=O) groups is 1. The van der Waals surface area contributed by atoms with Crippen molar-refractivity contribution in [1.29, 1.82) is 0 Å². The fourth-order valence-corrected chi connectivity index (χ4v) is 3.08. The fraction of sp³-hybridized carbons (Fsp3) is 0.176. The molecule has 9 heteroatoms. The first-order valence-corrected chi connectivity index (χ1v) is 8.90. The van der Waals surface area contributed by atoms with Gasteiger partial charge in [-0.3, -0.25) is 0 Å². The summed E-state index contributed by atoms with van der Waals surface area (Å²) >= 11 is 0. The number of nitrogens with two attached hydrogens (primary N) is 1. The second kappa shape index (κ2) is 7.87. The Morgan fingerprint density at radius 2 is 1.85 bits per heavy atom. The molecule has 0 heterocycles. The van der Waals surface area contributed by atoms with Crippen molar-refractivity contribution in [2.24, 2.45) is 4.40 Å². The van der Waals surface area contributed by atoms with Gasteiger partial charge >= 0.3 is 5.97 Å². The summed E-state index contributed by atoms with van der Waals surface area (Å²) in [7, 11) is 0.257. The summed E-state index contributed by atoms with van der Waals surface area (Å²) in [4.78, 5) is 12.9. The zero-order chi connectivity index (χ0) is 19.3. The average Bonchev–Trinajstić information content (AvgIpc) is 2.61. The van der Waals surface area contributed by atoms with Crippen molar-refractivity contribution in [3.63, 3.8) is 0 Å². The van der Waals surface area contributed by atoms with Gasteiger partial charge in [0.1, 0.15) is 17.0 Å². The molecule has 2 rings (SSSR count). The number of esters is 1. The Kier molecular flexibility index (Phi) is 5.83. The zero-order valence-corrected chi connectivity index (χ0v) is 15.4. The Balaban J connectivity index is 2.64. The number of carbonyl (C=O) groups excluding carboxylic acids is 1. The molecule has 2 N–H and O–H groups in total. The van der Waals surface area contributed by atoms with Crippen LogP contribution in [0.5, 0.6) is 11.5 Å². The molecule has 0 unspecified atom stereocenters. The molecule has 138 valence electrons. The van der Waals surface area contributed by atoms with E-state index in [-0.39, 0.29) is 21.9 Å². The van der Waals surface area contributed by atoms with Gasteiger partial charge in [0.2, 0.25) is 0 Å². The van der Waals surface area contributed by atoms with E-state index in [2.05, 4.69) is 9.13 Å². The first-order valence-electron chi connectivity index (χ1n) is 7.46. The number of ether oxygens (including phenoxy) is 2. The normalized spacial score (nSPS) is 11.3. The van der Waals surface area contributed by atoms with Gasteiger partial charge < -0.3 is 20.1 Å². The lowest BCUT2D eigenvalue weighted by Gasteiger charge is -2.14. The minimum atomic E-state index is -4.18. The summed E-state index contributed by atoms with van der Waals surface area (Å²) in [6, 6.07) is 11.0. The van der Waals surface area contributed by atoms with Crippen LogP contribution in [0.2, 0.25) is 0 Å². The third kappa shape index (κ3) is 4.51. The molecule has 0 spiro atoms. The maximum absolute atomic E-state index is 12.7. The lowest BCUT2D eigenvalue weighted by Crippen LogP contribution is -2.12. The van der Waals surface area contributed by atoms with Gasteiger partial charge in [-0.1, -0.05) is 18.2 Å². The van der Waals surface area contributed by atoms with Crippen LogP contribution in [0.3, 0.4) is 0 Å². The maximum Gasteiger partial charge on any atom is 0.337 e. The van der Waals surface area contributed by atoms with Crippen LogP contribution in [-0.4, -0.2) is 46.8 Å². The van der Waals surface area contributed by atoms with Crippen LogP contribution in [0.1, 0.15) is 10.4 Å². The number of nitrogen functional groups attached to an aromatic ring is 1. The minimum Gasteiger partial charge on any atom is -0.465 e. The minimum absolute atomic E-state index is 0.0240. The lowest BCUT2D eigenvalue weighted by molar-refractivity contribution is 0.0600. The number of methoxy groups -OCH3 is 1. The van der Waals surface area contributed by atoms with Gasteiger partial charge in [0.15, 0.2) is 5.75 Å². The molecule has 0 amide bonds. The fourth-order valence-electron chi connectivity index (χ4n) is 1.98. The third-order valence-corrected chi connectivity index (χ3v) is 4.39. The summed E-state index contributed by atoms with van der Waals surface area (Å²) in [5, 5.41) is 0. The van der Waals surface area contributed by atoms with E-state index in [1.165, 1.54) is 18.1 Å². The second-order valence-corrected chi connectivity index (χ2v) is 7.06. The maximum atomic E-state index is 12.7. The molecule has 0 saturated carbocycles. The number of hydrogen-bond donors (Lipinski definition) is 1. The van der Waals surface area contributed by atoms with Crippen molar-refractivity contribution in [2.75, 3.05) is 26.9 Å². The molecule has 0 fully saturated rings. The molecular weight excluding hydrogens is 358 g/mol. The highest BCUT2D eigenvalue weighted by Crippen LogP contribution is 2.36. The number of sulfonamides is 1. The van der Waals surface area contributed by atoms with Crippen LogP contribution in [0.15, 0.2) is 51.8 Å². The molecule has 0 aromatic heterocycles. The molecule has 2 aromatic rings. The Morgan fingerprint density at radius 1 is 1.19 bits per heavy atom. The molecule has 26 heavy (non-hydrogen) atoms. The number of nitrogens with zero attached hydrogens (tertiary/aromatic N) is 2. The molecule has 0 aliphatic heterocycles. The Morgan fingerprint density at radius 3 is 2.42 bits per heavy atom. The van der Waals surface area contributed by atoms with Crippen LogP contribution < -0.4 is 10.5 Å². The smallest absolute Gasteiger partial charge is 0.337 e. The van der Waals surface area contributed by atoms with Crippen LogP contribution in [-0.2, 0) is 14.8 Å². The van der Waals surface area contributed by atoms with Crippen molar-refractivity contribution in [1.82, 2.24) is 4.90 Å².